The molecule has 3 nitrogen and oxygen atoms in total. The van der Waals surface area contributed by atoms with Crippen molar-refractivity contribution < 1.29 is 8.42 Å². The number of rotatable bonds is 3. The average Bonchev–Trinajstić information content (AvgIpc) is 2.37. The van der Waals surface area contributed by atoms with Crippen LogP contribution in [0.4, 0.5) is 0 Å². The standard InChI is InChI=1S/C15H17NO2S.ClH/c1-11-7-12(10-16)9-13(8-11)14-5-3-4-6-15(14)19(2,17)18;/h3-9H,10,16H2,1-2H3;1H. The van der Waals surface area contributed by atoms with Gasteiger partial charge >= 0.3 is 0 Å². The van der Waals surface area contributed by atoms with Gasteiger partial charge in [0.1, 0.15) is 0 Å². The van der Waals surface area contributed by atoms with Crippen molar-refractivity contribution in [2.75, 3.05) is 6.26 Å². The lowest BCUT2D eigenvalue weighted by atomic mass is 10.0. The summed E-state index contributed by atoms with van der Waals surface area (Å²) in [5.74, 6) is 0. The van der Waals surface area contributed by atoms with Crippen LogP contribution in [0.25, 0.3) is 11.1 Å². The summed E-state index contributed by atoms with van der Waals surface area (Å²) in [4.78, 5) is 0.351. The van der Waals surface area contributed by atoms with Crippen LogP contribution < -0.4 is 5.73 Å². The number of sulfone groups is 1. The number of halogens is 1. The molecule has 0 radical (unpaired) electrons. The molecule has 0 bridgehead atoms. The van der Waals surface area contributed by atoms with E-state index in [2.05, 4.69) is 0 Å². The van der Waals surface area contributed by atoms with Gasteiger partial charge in [0.25, 0.3) is 0 Å². The number of aryl methyl sites for hydroxylation is 1. The molecule has 0 atom stereocenters. The van der Waals surface area contributed by atoms with Crippen LogP contribution in [0.2, 0.25) is 0 Å². The van der Waals surface area contributed by atoms with Crippen molar-refractivity contribution in [1.29, 1.82) is 0 Å². The predicted molar refractivity (Wildman–Crippen MR) is 84.9 cm³/mol. The number of nitrogens with two attached hydrogens (primary N) is 1. The summed E-state index contributed by atoms with van der Waals surface area (Å²) in [5, 5.41) is 0. The smallest absolute Gasteiger partial charge is 0.176 e. The monoisotopic (exact) mass is 311 g/mol. The summed E-state index contributed by atoms with van der Waals surface area (Å²) in [7, 11) is -3.25. The first-order chi connectivity index (χ1) is 8.91. The van der Waals surface area contributed by atoms with Crippen LogP contribution in [-0.4, -0.2) is 14.7 Å². The Balaban J connectivity index is 0.00000200. The van der Waals surface area contributed by atoms with Gasteiger partial charge < -0.3 is 5.73 Å². The molecule has 0 spiro atoms. The summed E-state index contributed by atoms with van der Waals surface area (Å²) in [5.41, 5.74) is 9.36. The van der Waals surface area contributed by atoms with Gasteiger partial charge in [0.15, 0.2) is 9.84 Å². The molecular formula is C15H18ClNO2S. The van der Waals surface area contributed by atoms with Crippen molar-refractivity contribution in [1.82, 2.24) is 0 Å². The number of benzene rings is 2. The third kappa shape index (κ3) is 3.60. The lowest BCUT2D eigenvalue weighted by Crippen LogP contribution is -2.01. The van der Waals surface area contributed by atoms with Crippen LogP contribution in [0, 0.1) is 6.92 Å². The van der Waals surface area contributed by atoms with Gasteiger partial charge in [-0.1, -0.05) is 35.9 Å². The molecule has 2 aromatic rings. The summed E-state index contributed by atoms with van der Waals surface area (Å²) in [6, 6.07) is 13.0. The van der Waals surface area contributed by atoms with E-state index in [1.165, 1.54) is 6.26 Å². The Kier molecular flexibility index (Phi) is 5.34. The molecule has 0 heterocycles. The first kappa shape index (κ1) is 16.7. The maximum absolute atomic E-state index is 11.8. The van der Waals surface area contributed by atoms with Gasteiger partial charge in [-0.15, -0.1) is 12.4 Å². The van der Waals surface area contributed by atoms with Gasteiger partial charge in [0, 0.05) is 18.4 Å². The van der Waals surface area contributed by atoms with Crippen molar-refractivity contribution in [2.24, 2.45) is 5.73 Å². The third-order valence-corrected chi connectivity index (χ3v) is 4.13. The van der Waals surface area contributed by atoms with Crippen molar-refractivity contribution in [3.63, 3.8) is 0 Å². The minimum atomic E-state index is -3.25. The average molecular weight is 312 g/mol. The van der Waals surface area contributed by atoms with Crippen LogP contribution in [-0.2, 0) is 16.4 Å². The highest BCUT2D eigenvalue weighted by atomic mass is 35.5. The lowest BCUT2D eigenvalue weighted by Gasteiger charge is -2.10. The Morgan fingerprint density at radius 2 is 1.75 bits per heavy atom. The fourth-order valence-electron chi connectivity index (χ4n) is 2.16. The van der Waals surface area contributed by atoms with E-state index in [-0.39, 0.29) is 12.4 Å². The fraction of sp³-hybridized carbons (Fsp3) is 0.200. The molecule has 108 valence electrons. The van der Waals surface area contributed by atoms with E-state index in [0.29, 0.717) is 11.4 Å². The zero-order valence-corrected chi connectivity index (χ0v) is 13.1. The Labute approximate surface area is 126 Å². The van der Waals surface area contributed by atoms with Gasteiger partial charge in [-0.3, -0.25) is 0 Å². The van der Waals surface area contributed by atoms with Gasteiger partial charge in [-0.25, -0.2) is 8.42 Å². The summed E-state index contributed by atoms with van der Waals surface area (Å²) < 4.78 is 23.7. The normalized spacial score (nSPS) is 10.9. The van der Waals surface area contributed by atoms with Gasteiger partial charge in [0.2, 0.25) is 0 Å². The van der Waals surface area contributed by atoms with E-state index >= 15 is 0 Å². The zero-order chi connectivity index (χ0) is 14.0. The van der Waals surface area contributed by atoms with E-state index in [1.807, 2.05) is 37.3 Å². The second-order valence-electron chi connectivity index (χ2n) is 4.68. The highest BCUT2D eigenvalue weighted by Gasteiger charge is 2.14. The molecule has 0 saturated heterocycles. The number of hydrogen-bond donors (Lipinski definition) is 1. The highest BCUT2D eigenvalue weighted by molar-refractivity contribution is 7.90. The fourth-order valence-corrected chi connectivity index (χ4v) is 3.08. The van der Waals surface area contributed by atoms with Crippen LogP contribution in [0.15, 0.2) is 47.4 Å². The van der Waals surface area contributed by atoms with Crippen molar-refractivity contribution in [3.05, 3.63) is 53.6 Å². The van der Waals surface area contributed by atoms with Crippen LogP contribution in [0.5, 0.6) is 0 Å². The van der Waals surface area contributed by atoms with E-state index < -0.39 is 9.84 Å². The van der Waals surface area contributed by atoms with E-state index in [4.69, 9.17) is 5.73 Å². The molecule has 0 aromatic heterocycles. The van der Waals surface area contributed by atoms with E-state index in [0.717, 1.165) is 22.3 Å². The van der Waals surface area contributed by atoms with Crippen LogP contribution >= 0.6 is 12.4 Å². The molecule has 0 amide bonds. The zero-order valence-electron chi connectivity index (χ0n) is 11.5. The minimum absolute atomic E-state index is 0. The summed E-state index contributed by atoms with van der Waals surface area (Å²) in [6.07, 6.45) is 1.23. The van der Waals surface area contributed by atoms with Gasteiger partial charge in [-0.2, -0.15) is 0 Å². The number of hydrogen-bond acceptors (Lipinski definition) is 3. The minimum Gasteiger partial charge on any atom is -0.326 e. The molecule has 0 aliphatic rings. The highest BCUT2D eigenvalue weighted by Crippen LogP contribution is 2.28. The Morgan fingerprint density at radius 3 is 2.35 bits per heavy atom. The summed E-state index contributed by atoms with van der Waals surface area (Å²) >= 11 is 0. The molecule has 2 rings (SSSR count). The Bertz CT molecular complexity index is 712. The third-order valence-electron chi connectivity index (χ3n) is 2.97. The van der Waals surface area contributed by atoms with Crippen molar-refractivity contribution in [2.45, 2.75) is 18.4 Å². The van der Waals surface area contributed by atoms with Crippen LogP contribution in [0.1, 0.15) is 11.1 Å². The lowest BCUT2D eigenvalue weighted by molar-refractivity contribution is 0.602. The molecule has 0 fully saturated rings. The molecular weight excluding hydrogens is 294 g/mol. The van der Waals surface area contributed by atoms with Crippen molar-refractivity contribution >= 4 is 22.2 Å². The first-order valence-corrected chi connectivity index (χ1v) is 7.91. The molecule has 2 N–H and O–H groups in total. The largest absolute Gasteiger partial charge is 0.326 e. The first-order valence-electron chi connectivity index (χ1n) is 6.02. The molecule has 0 aliphatic heterocycles. The van der Waals surface area contributed by atoms with E-state index in [9.17, 15) is 8.42 Å². The topological polar surface area (TPSA) is 60.2 Å². The molecule has 20 heavy (non-hydrogen) atoms. The maximum Gasteiger partial charge on any atom is 0.176 e. The quantitative estimate of drug-likeness (QED) is 0.948. The predicted octanol–water partition coefficient (Wildman–Crippen LogP) is 2.95. The molecule has 2 aromatic carbocycles. The summed E-state index contributed by atoms with van der Waals surface area (Å²) in [6.45, 7) is 2.42. The second kappa shape index (κ2) is 6.39. The van der Waals surface area contributed by atoms with Gasteiger partial charge in [0.05, 0.1) is 4.90 Å². The van der Waals surface area contributed by atoms with Crippen molar-refractivity contribution in [3.8, 4) is 11.1 Å². The van der Waals surface area contributed by atoms with Crippen LogP contribution in [0.3, 0.4) is 0 Å². The molecule has 0 unspecified atom stereocenters. The molecule has 0 saturated carbocycles. The second-order valence-corrected chi connectivity index (χ2v) is 6.66. The van der Waals surface area contributed by atoms with Gasteiger partial charge in [-0.05, 0) is 30.2 Å². The Hall–Kier alpha value is -1.36. The maximum atomic E-state index is 11.8. The SMILES string of the molecule is Cc1cc(CN)cc(-c2ccccc2S(C)(=O)=O)c1.Cl. The van der Waals surface area contributed by atoms with E-state index in [1.54, 1.807) is 12.1 Å². The molecule has 0 aliphatic carbocycles. The Morgan fingerprint density at radius 1 is 1.10 bits per heavy atom. The molecule has 5 heteroatoms.